The maximum atomic E-state index is 5.49. The number of likely N-dealkylation sites (tertiary alicyclic amines) is 1. The van der Waals surface area contributed by atoms with Crippen LogP contribution in [0.3, 0.4) is 0 Å². The molecular formula is C14H26N6. The number of nitrogens with one attached hydrogen (secondary N) is 1. The van der Waals surface area contributed by atoms with E-state index in [1.54, 1.807) is 0 Å². The van der Waals surface area contributed by atoms with Crippen LogP contribution in [0.15, 0.2) is 6.07 Å². The van der Waals surface area contributed by atoms with Gasteiger partial charge < -0.3 is 15.2 Å². The van der Waals surface area contributed by atoms with Crippen LogP contribution >= 0.6 is 0 Å². The Morgan fingerprint density at radius 3 is 2.65 bits per heavy atom. The van der Waals surface area contributed by atoms with Gasteiger partial charge >= 0.3 is 0 Å². The molecule has 0 spiro atoms. The number of aromatic nitrogens is 2. The van der Waals surface area contributed by atoms with E-state index in [-0.39, 0.29) is 5.92 Å². The summed E-state index contributed by atoms with van der Waals surface area (Å²) >= 11 is 0. The lowest BCUT2D eigenvalue weighted by Gasteiger charge is -2.23. The molecule has 1 saturated heterocycles. The summed E-state index contributed by atoms with van der Waals surface area (Å²) in [7, 11) is 2.07. The molecule has 0 aliphatic carbocycles. The van der Waals surface area contributed by atoms with Crippen molar-refractivity contribution in [1.29, 1.82) is 0 Å². The molecule has 1 aliphatic rings. The van der Waals surface area contributed by atoms with Gasteiger partial charge in [-0.1, -0.05) is 13.8 Å². The molecule has 0 unspecified atom stereocenters. The Morgan fingerprint density at radius 2 is 2.05 bits per heavy atom. The summed E-state index contributed by atoms with van der Waals surface area (Å²) in [6, 6.07) is 1.90. The zero-order valence-electron chi connectivity index (χ0n) is 12.8. The summed E-state index contributed by atoms with van der Waals surface area (Å²) in [6.07, 6.45) is 2.66. The molecule has 0 amide bonds. The van der Waals surface area contributed by atoms with Gasteiger partial charge in [0, 0.05) is 32.1 Å². The maximum Gasteiger partial charge on any atom is 0.145 e. The lowest BCUT2D eigenvalue weighted by atomic mass is 10.2. The summed E-state index contributed by atoms with van der Waals surface area (Å²) in [5.74, 6) is 8.20. The van der Waals surface area contributed by atoms with E-state index in [0.29, 0.717) is 5.82 Å². The summed E-state index contributed by atoms with van der Waals surface area (Å²) in [6.45, 7) is 8.68. The quantitative estimate of drug-likeness (QED) is 0.606. The van der Waals surface area contributed by atoms with Gasteiger partial charge in [-0.05, 0) is 25.9 Å². The average Bonchev–Trinajstić information content (AvgIpc) is 2.97. The van der Waals surface area contributed by atoms with Crippen molar-refractivity contribution >= 4 is 11.6 Å². The van der Waals surface area contributed by atoms with E-state index in [1.165, 1.54) is 25.9 Å². The molecular weight excluding hydrogens is 252 g/mol. The number of anilines is 2. The zero-order chi connectivity index (χ0) is 14.5. The number of hydrogen-bond acceptors (Lipinski definition) is 6. The normalized spacial score (nSPS) is 15.8. The fourth-order valence-corrected chi connectivity index (χ4v) is 2.39. The molecule has 2 rings (SSSR count). The minimum atomic E-state index is 0.286. The Balaban J connectivity index is 2.03. The SMILES string of the molecule is CC(C)c1nc(NN)cc(N(C)CCN2CCCC2)n1. The van der Waals surface area contributed by atoms with Crippen molar-refractivity contribution in [3.8, 4) is 0 Å². The van der Waals surface area contributed by atoms with Crippen molar-refractivity contribution < 1.29 is 0 Å². The van der Waals surface area contributed by atoms with Crippen molar-refractivity contribution in [2.45, 2.75) is 32.6 Å². The van der Waals surface area contributed by atoms with Crippen molar-refractivity contribution in [2.24, 2.45) is 5.84 Å². The van der Waals surface area contributed by atoms with E-state index in [4.69, 9.17) is 5.84 Å². The van der Waals surface area contributed by atoms with Crippen molar-refractivity contribution in [3.05, 3.63) is 11.9 Å². The van der Waals surface area contributed by atoms with Gasteiger partial charge in [0.05, 0.1) is 0 Å². The fraction of sp³-hybridized carbons (Fsp3) is 0.714. The van der Waals surface area contributed by atoms with E-state index in [9.17, 15) is 0 Å². The maximum absolute atomic E-state index is 5.49. The third kappa shape index (κ3) is 3.80. The van der Waals surface area contributed by atoms with E-state index in [2.05, 4.69) is 46.1 Å². The predicted octanol–water partition coefficient (Wildman–Crippen LogP) is 1.42. The van der Waals surface area contributed by atoms with Crippen molar-refractivity contribution in [3.63, 3.8) is 0 Å². The van der Waals surface area contributed by atoms with Gasteiger partial charge in [-0.3, -0.25) is 0 Å². The Kier molecular flexibility index (Phi) is 5.14. The number of nitrogens with zero attached hydrogens (tertiary/aromatic N) is 4. The van der Waals surface area contributed by atoms with E-state index >= 15 is 0 Å². The van der Waals surface area contributed by atoms with Crippen LogP contribution in [0, 0.1) is 0 Å². The molecule has 1 aromatic rings. The molecule has 2 heterocycles. The minimum Gasteiger partial charge on any atom is -0.358 e. The monoisotopic (exact) mass is 278 g/mol. The minimum absolute atomic E-state index is 0.286. The van der Waals surface area contributed by atoms with Crippen LogP contribution in [0.4, 0.5) is 11.6 Å². The zero-order valence-corrected chi connectivity index (χ0v) is 12.8. The van der Waals surface area contributed by atoms with Crippen LogP contribution in [-0.2, 0) is 0 Å². The molecule has 1 aromatic heterocycles. The second-order valence-electron chi connectivity index (χ2n) is 5.74. The molecule has 6 heteroatoms. The molecule has 20 heavy (non-hydrogen) atoms. The fourth-order valence-electron chi connectivity index (χ4n) is 2.39. The van der Waals surface area contributed by atoms with Gasteiger partial charge in [-0.25, -0.2) is 15.8 Å². The number of rotatable bonds is 6. The second-order valence-corrected chi connectivity index (χ2v) is 5.74. The molecule has 0 bridgehead atoms. The average molecular weight is 278 g/mol. The third-order valence-corrected chi connectivity index (χ3v) is 3.74. The Bertz CT molecular complexity index is 428. The van der Waals surface area contributed by atoms with Crippen LogP contribution < -0.4 is 16.2 Å². The van der Waals surface area contributed by atoms with Crippen molar-refractivity contribution in [1.82, 2.24) is 14.9 Å². The first-order chi connectivity index (χ1) is 9.60. The van der Waals surface area contributed by atoms with Gasteiger partial charge in [0.15, 0.2) is 0 Å². The standard InChI is InChI=1S/C14H26N6/c1-11(2)14-16-12(18-15)10-13(17-14)19(3)8-9-20-6-4-5-7-20/h10-11H,4-9,15H2,1-3H3,(H,16,17,18). The molecule has 112 valence electrons. The predicted molar refractivity (Wildman–Crippen MR) is 82.9 cm³/mol. The number of hydrogen-bond donors (Lipinski definition) is 2. The van der Waals surface area contributed by atoms with Gasteiger partial charge in [-0.2, -0.15) is 0 Å². The van der Waals surface area contributed by atoms with Crippen molar-refractivity contribution in [2.75, 3.05) is 43.6 Å². The molecule has 3 N–H and O–H groups in total. The molecule has 6 nitrogen and oxygen atoms in total. The van der Waals surface area contributed by atoms with E-state index in [1.807, 2.05) is 6.07 Å². The molecule has 1 fully saturated rings. The summed E-state index contributed by atoms with van der Waals surface area (Å²) in [4.78, 5) is 13.7. The van der Waals surface area contributed by atoms with E-state index < -0.39 is 0 Å². The van der Waals surface area contributed by atoms with Gasteiger partial charge in [0.1, 0.15) is 17.5 Å². The van der Waals surface area contributed by atoms with Gasteiger partial charge in [0.25, 0.3) is 0 Å². The molecule has 1 aliphatic heterocycles. The number of likely N-dealkylation sites (N-methyl/N-ethyl adjacent to an activating group) is 1. The first-order valence-corrected chi connectivity index (χ1v) is 7.39. The first-order valence-electron chi connectivity index (χ1n) is 7.39. The number of hydrazine groups is 1. The molecule has 0 aromatic carbocycles. The first kappa shape index (κ1) is 15.0. The highest BCUT2D eigenvalue weighted by Gasteiger charge is 2.14. The summed E-state index contributed by atoms with van der Waals surface area (Å²) < 4.78 is 0. The molecule has 0 saturated carbocycles. The molecule has 0 atom stereocenters. The van der Waals surface area contributed by atoms with E-state index in [0.717, 1.165) is 24.7 Å². The number of nitrogens with two attached hydrogens (primary N) is 1. The van der Waals surface area contributed by atoms with Gasteiger partial charge in [0.2, 0.25) is 0 Å². The van der Waals surface area contributed by atoms with Crippen LogP contribution in [0.1, 0.15) is 38.4 Å². The third-order valence-electron chi connectivity index (χ3n) is 3.74. The second kappa shape index (κ2) is 6.85. The largest absolute Gasteiger partial charge is 0.358 e. The summed E-state index contributed by atoms with van der Waals surface area (Å²) in [5.41, 5.74) is 2.63. The smallest absolute Gasteiger partial charge is 0.145 e. The van der Waals surface area contributed by atoms with Crippen LogP contribution in [0.5, 0.6) is 0 Å². The highest BCUT2D eigenvalue weighted by Crippen LogP contribution is 2.19. The lowest BCUT2D eigenvalue weighted by Crippen LogP contribution is -2.32. The Hall–Kier alpha value is -1.40. The van der Waals surface area contributed by atoms with Crippen LogP contribution in [-0.4, -0.2) is 48.1 Å². The highest BCUT2D eigenvalue weighted by atomic mass is 15.3. The Labute approximate surface area is 121 Å². The van der Waals surface area contributed by atoms with Crippen LogP contribution in [0.25, 0.3) is 0 Å². The van der Waals surface area contributed by atoms with Gasteiger partial charge in [-0.15, -0.1) is 0 Å². The number of nitrogen functional groups attached to an aromatic ring is 1. The Morgan fingerprint density at radius 1 is 1.35 bits per heavy atom. The topological polar surface area (TPSA) is 70.3 Å². The summed E-state index contributed by atoms with van der Waals surface area (Å²) in [5, 5.41) is 0. The lowest BCUT2D eigenvalue weighted by molar-refractivity contribution is 0.346. The highest BCUT2D eigenvalue weighted by molar-refractivity contribution is 5.48. The van der Waals surface area contributed by atoms with Crippen LogP contribution in [0.2, 0.25) is 0 Å². The molecule has 0 radical (unpaired) electrons.